The number of anilines is 1. The molecule has 84 valence electrons. The van der Waals surface area contributed by atoms with Gasteiger partial charge in [-0.25, -0.2) is 4.98 Å². The van der Waals surface area contributed by atoms with Gasteiger partial charge in [-0.15, -0.1) is 13.2 Å². The van der Waals surface area contributed by atoms with Gasteiger partial charge in [0.2, 0.25) is 0 Å². The number of alkyl halides is 3. The van der Waals surface area contributed by atoms with Gasteiger partial charge >= 0.3 is 6.36 Å². The Morgan fingerprint density at radius 1 is 1.47 bits per heavy atom. The molecule has 0 spiro atoms. The third-order valence-electron chi connectivity index (χ3n) is 1.55. The van der Waals surface area contributed by atoms with Crippen molar-refractivity contribution < 1.29 is 17.9 Å². The Kier molecular flexibility index (Phi) is 3.60. The number of ether oxygens (including phenoxy) is 1. The van der Waals surface area contributed by atoms with Crippen LogP contribution in [0.5, 0.6) is 5.75 Å². The molecular weight excluding hydrogens is 326 g/mol. The molecule has 0 aliphatic carbocycles. The van der Waals surface area contributed by atoms with Crippen LogP contribution in [0.3, 0.4) is 0 Å². The van der Waals surface area contributed by atoms with Crippen LogP contribution in [-0.2, 0) is 6.54 Å². The molecule has 0 aromatic carbocycles. The highest BCUT2D eigenvalue weighted by Gasteiger charge is 2.33. The van der Waals surface area contributed by atoms with Gasteiger partial charge in [0.25, 0.3) is 0 Å². The highest BCUT2D eigenvalue weighted by molar-refractivity contribution is 14.1. The molecule has 15 heavy (non-hydrogen) atoms. The molecule has 0 amide bonds. The Morgan fingerprint density at radius 2 is 2.07 bits per heavy atom. The smallest absolute Gasteiger partial charge is 0.403 e. The van der Waals surface area contributed by atoms with Crippen molar-refractivity contribution in [1.82, 2.24) is 4.98 Å². The van der Waals surface area contributed by atoms with Crippen LogP contribution in [0.4, 0.5) is 18.9 Å². The van der Waals surface area contributed by atoms with Gasteiger partial charge < -0.3 is 16.2 Å². The van der Waals surface area contributed by atoms with E-state index < -0.39 is 12.1 Å². The third kappa shape index (κ3) is 3.09. The van der Waals surface area contributed by atoms with Gasteiger partial charge in [0.15, 0.2) is 5.75 Å². The van der Waals surface area contributed by atoms with Crippen molar-refractivity contribution in [3.8, 4) is 5.75 Å². The predicted molar refractivity (Wildman–Crippen MR) is 55.9 cm³/mol. The molecule has 0 aliphatic rings. The maximum Gasteiger partial charge on any atom is 0.573 e. The van der Waals surface area contributed by atoms with Gasteiger partial charge in [-0.3, -0.25) is 0 Å². The summed E-state index contributed by atoms with van der Waals surface area (Å²) in [5.41, 5.74) is 10.9. The van der Waals surface area contributed by atoms with E-state index in [-0.39, 0.29) is 21.5 Å². The Labute approximate surface area is 96.9 Å². The SMILES string of the molecule is NCc1c(N)cnc(I)c1OC(F)(F)F. The Morgan fingerprint density at radius 3 is 2.53 bits per heavy atom. The van der Waals surface area contributed by atoms with E-state index in [9.17, 15) is 13.2 Å². The third-order valence-corrected chi connectivity index (χ3v) is 2.32. The minimum Gasteiger partial charge on any atom is -0.403 e. The van der Waals surface area contributed by atoms with Crippen LogP contribution in [0.15, 0.2) is 6.20 Å². The normalized spacial score (nSPS) is 11.5. The standard InChI is InChI=1S/C7H7F3IN3O/c8-7(9,10)15-5-3(1-12)4(13)2-14-6(5)11/h2H,1,12-13H2. The molecule has 0 atom stereocenters. The average molecular weight is 333 g/mol. The number of nitrogens with two attached hydrogens (primary N) is 2. The highest BCUT2D eigenvalue weighted by Crippen LogP contribution is 2.32. The fraction of sp³-hybridized carbons (Fsp3) is 0.286. The van der Waals surface area contributed by atoms with E-state index in [1.54, 1.807) is 22.6 Å². The molecule has 1 aromatic rings. The number of nitrogens with zero attached hydrogens (tertiary/aromatic N) is 1. The van der Waals surface area contributed by atoms with Gasteiger partial charge in [-0.1, -0.05) is 0 Å². The van der Waals surface area contributed by atoms with Gasteiger partial charge in [0, 0.05) is 12.1 Å². The summed E-state index contributed by atoms with van der Waals surface area (Å²) in [6, 6.07) is 0. The number of rotatable bonds is 2. The summed E-state index contributed by atoms with van der Waals surface area (Å²) >= 11 is 1.62. The fourth-order valence-electron chi connectivity index (χ4n) is 0.948. The highest BCUT2D eigenvalue weighted by atomic mass is 127. The lowest BCUT2D eigenvalue weighted by molar-refractivity contribution is -0.275. The first-order chi connectivity index (χ1) is 6.85. The number of halogens is 4. The second-order valence-corrected chi connectivity index (χ2v) is 3.59. The molecule has 0 unspecified atom stereocenters. The topological polar surface area (TPSA) is 74.2 Å². The molecule has 8 heteroatoms. The van der Waals surface area contributed by atoms with Crippen LogP contribution in [0.1, 0.15) is 5.56 Å². The fourth-order valence-corrected chi connectivity index (χ4v) is 1.52. The summed E-state index contributed by atoms with van der Waals surface area (Å²) < 4.78 is 40.0. The van der Waals surface area contributed by atoms with Crippen LogP contribution in [0.25, 0.3) is 0 Å². The Hall–Kier alpha value is -0.770. The molecule has 0 bridgehead atoms. The summed E-state index contributed by atoms with van der Waals surface area (Å²) in [6.07, 6.45) is -3.54. The zero-order valence-electron chi connectivity index (χ0n) is 7.31. The second-order valence-electron chi connectivity index (χ2n) is 2.56. The zero-order chi connectivity index (χ0) is 11.6. The molecule has 0 saturated carbocycles. The Balaban J connectivity index is 3.20. The van der Waals surface area contributed by atoms with E-state index >= 15 is 0 Å². The second kappa shape index (κ2) is 4.39. The largest absolute Gasteiger partial charge is 0.573 e. The monoisotopic (exact) mass is 333 g/mol. The minimum absolute atomic E-state index is 0.0691. The lowest BCUT2D eigenvalue weighted by Crippen LogP contribution is -2.20. The van der Waals surface area contributed by atoms with E-state index in [0.717, 1.165) is 0 Å². The predicted octanol–water partition coefficient (Wildman–Crippen LogP) is 1.63. The van der Waals surface area contributed by atoms with E-state index in [0.29, 0.717) is 0 Å². The van der Waals surface area contributed by atoms with E-state index in [2.05, 4.69) is 9.72 Å². The first kappa shape index (κ1) is 12.3. The van der Waals surface area contributed by atoms with E-state index in [1.807, 2.05) is 0 Å². The van der Waals surface area contributed by atoms with Gasteiger partial charge in [-0.05, 0) is 22.6 Å². The molecule has 4 N–H and O–H groups in total. The summed E-state index contributed by atoms with van der Waals surface area (Å²) in [6.45, 7) is -0.143. The summed E-state index contributed by atoms with van der Waals surface area (Å²) in [4.78, 5) is 3.65. The lowest BCUT2D eigenvalue weighted by atomic mass is 10.2. The van der Waals surface area contributed by atoms with Crippen LogP contribution >= 0.6 is 22.6 Å². The molecule has 1 aromatic heterocycles. The number of nitrogen functional groups attached to an aromatic ring is 1. The summed E-state index contributed by atoms with van der Waals surface area (Å²) in [7, 11) is 0. The molecular formula is C7H7F3IN3O. The van der Waals surface area contributed by atoms with Crippen LogP contribution in [-0.4, -0.2) is 11.3 Å². The summed E-state index contributed by atoms with van der Waals surface area (Å²) in [5.74, 6) is -0.425. The number of pyridine rings is 1. The van der Waals surface area contributed by atoms with Gasteiger partial charge in [0.05, 0.1) is 11.9 Å². The van der Waals surface area contributed by atoms with Gasteiger partial charge in [0.1, 0.15) is 3.70 Å². The minimum atomic E-state index is -4.78. The van der Waals surface area contributed by atoms with Crippen molar-refractivity contribution in [3.05, 3.63) is 15.5 Å². The maximum atomic E-state index is 12.0. The first-order valence-electron chi connectivity index (χ1n) is 3.74. The molecule has 1 heterocycles. The van der Waals surface area contributed by atoms with Crippen molar-refractivity contribution in [3.63, 3.8) is 0 Å². The molecule has 0 saturated heterocycles. The first-order valence-corrected chi connectivity index (χ1v) is 4.81. The molecule has 4 nitrogen and oxygen atoms in total. The summed E-state index contributed by atoms with van der Waals surface area (Å²) in [5, 5.41) is 0. The van der Waals surface area contributed by atoms with Crippen molar-refractivity contribution in [2.75, 3.05) is 5.73 Å². The van der Waals surface area contributed by atoms with Crippen molar-refractivity contribution >= 4 is 28.3 Å². The molecule has 0 radical (unpaired) electrons. The number of aromatic nitrogens is 1. The van der Waals surface area contributed by atoms with Crippen LogP contribution in [0.2, 0.25) is 0 Å². The van der Waals surface area contributed by atoms with E-state index in [4.69, 9.17) is 11.5 Å². The molecule has 0 fully saturated rings. The van der Waals surface area contributed by atoms with Crippen LogP contribution in [0, 0.1) is 3.70 Å². The zero-order valence-corrected chi connectivity index (χ0v) is 9.46. The number of hydrogen-bond donors (Lipinski definition) is 2. The van der Waals surface area contributed by atoms with Crippen molar-refractivity contribution in [2.24, 2.45) is 5.73 Å². The number of hydrogen-bond acceptors (Lipinski definition) is 4. The van der Waals surface area contributed by atoms with Gasteiger partial charge in [-0.2, -0.15) is 0 Å². The molecule has 1 rings (SSSR count). The van der Waals surface area contributed by atoms with Crippen molar-refractivity contribution in [1.29, 1.82) is 0 Å². The average Bonchev–Trinajstić information content (AvgIpc) is 2.10. The molecule has 0 aliphatic heterocycles. The lowest BCUT2D eigenvalue weighted by Gasteiger charge is -2.14. The van der Waals surface area contributed by atoms with Crippen molar-refractivity contribution in [2.45, 2.75) is 12.9 Å². The maximum absolute atomic E-state index is 12.0. The Bertz CT molecular complexity index is 369. The van der Waals surface area contributed by atoms with Crippen LogP contribution < -0.4 is 16.2 Å². The quantitative estimate of drug-likeness (QED) is 0.637. The van der Waals surface area contributed by atoms with E-state index in [1.165, 1.54) is 6.20 Å².